The molecule has 1 N–H and O–H groups in total. The minimum absolute atomic E-state index is 0.0863. The first kappa shape index (κ1) is 19.1. The quantitative estimate of drug-likeness (QED) is 0.512. The van der Waals surface area contributed by atoms with Crippen molar-refractivity contribution in [2.24, 2.45) is 5.92 Å². The van der Waals surface area contributed by atoms with Gasteiger partial charge in [0.05, 0.1) is 23.6 Å². The molecule has 1 aromatic heterocycles. The average molecular weight is 395 g/mol. The number of rotatable bonds is 6. The molecular formula is C22H22FN3O3. The zero-order valence-corrected chi connectivity index (χ0v) is 16.3. The molecule has 6 nitrogen and oxygen atoms in total. The number of aromatic nitrogens is 2. The smallest absolute Gasteiger partial charge is 0.340 e. The molecule has 4 rings (SSSR count). The molecule has 29 heavy (non-hydrogen) atoms. The molecule has 0 radical (unpaired) electrons. The third kappa shape index (κ3) is 2.88. The predicted molar refractivity (Wildman–Crippen MR) is 105 cm³/mol. The molecule has 2 aromatic carbocycles. The van der Waals surface area contributed by atoms with Crippen LogP contribution in [-0.4, -0.2) is 33.4 Å². The maximum atomic E-state index is 13.7. The summed E-state index contributed by atoms with van der Waals surface area (Å²) in [5, 5.41) is 0. The molecule has 7 heteroatoms. The fraction of sp³-hybridized carbons (Fsp3) is 0.318. The number of amides is 1. The number of hydrogen-bond acceptors (Lipinski definition) is 4. The Kier molecular flexibility index (Phi) is 4.82. The summed E-state index contributed by atoms with van der Waals surface area (Å²) in [5.41, 5.74) is 0.697. The average Bonchev–Trinajstić information content (AvgIpc) is 3.14. The van der Waals surface area contributed by atoms with Crippen molar-refractivity contribution in [3.63, 3.8) is 0 Å². The van der Waals surface area contributed by atoms with Gasteiger partial charge in [0.1, 0.15) is 11.6 Å². The van der Waals surface area contributed by atoms with Crippen LogP contribution in [0.4, 0.5) is 4.39 Å². The van der Waals surface area contributed by atoms with Crippen LogP contribution in [0.3, 0.4) is 0 Å². The summed E-state index contributed by atoms with van der Waals surface area (Å²) in [5.74, 6) is -1.32. The molecule has 1 aliphatic rings. The number of nitrogens with zero attached hydrogens (tertiary/aromatic N) is 2. The number of fused-ring (bicyclic) bond motifs is 1. The van der Waals surface area contributed by atoms with Gasteiger partial charge in [-0.15, -0.1) is 0 Å². The molecule has 150 valence electrons. The van der Waals surface area contributed by atoms with Crippen LogP contribution in [0, 0.1) is 11.7 Å². The van der Waals surface area contributed by atoms with Crippen LogP contribution in [0.1, 0.15) is 31.7 Å². The topological polar surface area (TPSA) is 75.3 Å². The third-order valence-corrected chi connectivity index (χ3v) is 5.47. The molecule has 1 aliphatic heterocycles. The fourth-order valence-electron chi connectivity index (χ4n) is 4.17. The first-order valence-corrected chi connectivity index (χ1v) is 9.70. The van der Waals surface area contributed by atoms with Crippen molar-refractivity contribution in [2.75, 3.05) is 6.61 Å². The Morgan fingerprint density at radius 3 is 2.72 bits per heavy atom. The second-order valence-corrected chi connectivity index (χ2v) is 7.10. The number of para-hydroxylation sites is 2. The molecule has 1 amide bonds. The predicted octanol–water partition coefficient (Wildman–Crippen LogP) is 3.53. The van der Waals surface area contributed by atoms with Gasteiger partial charge in [0.25, 0.3) is 0 Å². The van der Waals surface area contributed by atoms with E-state index in [0.29, 0.717) is 23.3 Å². The second kappa shape index (κ2) is 7.31. The lowest BCUT2D eigenvalue weighted by Gasteiger charge is -2.54. The Labute approximate surface area is 167 Å². The van der Waals surface area contributed by atoms with Gasteiger partial charge < -0.3 is 14.6 Å². The van der Waals surface area contributed by atoms with Crippen molar-refractivity contribution in [1.29, 1.82) is 0 Å². The standard InChI is InChI=1S/C22H22FN3O3/c1-3-16-19(27)26(13-14-8-7-9-15(23)12-14)22(16,21(28)29-4-2)20-24-17-10-5-6-11-18(17)25-20/h5-12,16H,3-4,13H2,1-2H3,(H,24,25). The summed E-state index contributed by atoms with van der Waals surface area (Å²) in [6, 6.07) is 13.4. The summed E-state index contributed by atoms with van der Waals surface area (Å²) in [4.78, 5) is 35.5. The molecule has 1 saturated heterocycles. The highest BCUT2D eigenvalue weighted by Crippen LogP contribution is 2.49. The number of carbonyl (C=O) groups excluding carboxylic acids is 2. The van der Waals surface area contributed by atoms with E-state index in [0.717, 1.165) is 5.52 Å². The molecule has 1 fully saturated rings. The second-order valence-electron chi connectivity index (χ2n) is 7.10. The number of imidazole rings is 1. The van der Waals surface area contributed by atoms with Crippen molar-refractivity contribution in [3.05, 3.63) is 65.7 Å². The number of ether oxygens (including phenoxy) is 1. The van der Waals surface area contributed by atoms with Gasteiger partial charge in [-0.3, -0.25) is 4.79 Å². The van der Waals surface area contributed by atoms with Gasteiger partial charge in [-0.1, -0.05) is 31.2 Å². The van der Waals surface area contributed by atoms with Gasteiger partial charge in [0, 0.05) is 6.54 Å². The van der Waals surface area contributed by atoms with E-state index in [9.17, 15) is 14.0 Å². The number of aromatic amines is 1. The lowest BCUT2D eigenvalue weighted by molar-refractivity contribution is -0.196. The van der Waals surface area contributed by atoms with E-state index in [1.807, 2.05) is 31.2 Å². The molecular weight excluding hydrogens is 373 g/mol. The van der Waals surface area contributed by atoms with Crippen LogP contribution >= 0.6 is 0 Å². The van der Waals surface area contributed by atoms with Crippen LogP contribution in [0.25, 0.3) is 11.0 Å². The highest BCUT2D eigenvalue weighted by atomic mass is 19.1. The van der Waals surface area contributed by atoms with E-state index in [2.05, 4.69) is 9.97 Å². The molecule has 0 bridgehead atoms. The number of halogens is 1. The van der Waals surface area contributed by atoms with Gasteiger partial charge in [0.15, 0.2) is 0 Å². The molecule has 0 spiro atoms. The maximum absolute atomic E-state index is 13.7. The van der Waals surface area contributed by atoms with Crippen molar-refractivity contribution in [2.45, 2.75) is 32.4 Å². The number of nitrogens with one attached hydrogen (secondary N) is 1. The molecule has 3 aromatic rings. The highest BCUT2D eigenvalue weighted by molar-refractivity contribution is 6.01. The summed E-state index contributed by atoms with van der Waals surface area (Å²) in [6.45, 7) is 3.85. The SMILES string of the molecule is CCOC(=O)C1(c2nc3ccccc3[nH]2)C(CC)C(=O)N1Cc1cccc(F)c1. The normalized spacial score (nSPS) is 21.3. The van der Waals surface area contributed by atoms with E-state index in [4.69, 9.17) is 4.74 Å². The minimum atomic E-state index is -1.37. The van der Waals surface area contributed by atoms with E-state index >= 15 is 0 Å². The van der Waals surface area contributed by atoms with Gasteiger partial charge >= 0.3 is 5.97 Å². The summed E-state index contributed by atoms with van der Waals surface area (Å²) in [6.07, 6.45) is 0.453. The minimum Gasteiger partial charge on any atom is -0.464 e. The molecule has 2 heterocycles. The molecule has 0 aliphatic carbocycles. The van der Waals surface area contributed by atoms with E-state index in [1.165, 1.54) is 17.0 Å². The van der Waals surface area contributed by atoms with E-state index in [1.54, 1.807) is 19.1 Å². The van der Waals surface area contributed by atoms with Crippen LogP contribution in [0.5, 0.6) is 0 Å². The fourth-order valence-corrected chi connectivity index (χ4v) is 4.17. The van der Waals surface area contributed by atoms with Gasteiger partial charge in [-0.25, -0.2) is 14.2 Å². The largest absolute Gasteiger partial charge is 0.464 e. The van der Waals surface area contributed by atoms with Gasteiger partial charge in [-0.05, 0) is 43.2 Å². The lowest BCUT2D eigenvalue weighted by atomic mass is 9.70. The Hall–Kier alpha value is -3.22. The Morgan fingerprint density at radius 2 is 2.03 bits per heavy atom. The Balaban J connectivity index is 1.85. The van der Waals surface area contributed by atoms with Crippen LogP contribution in [-0.2, 0) is 26.4 Å². The van der Waals surface area contributed by atoms with Gasteiger partial charge in [0.2, 0.25) is 11.4 Å². The number of carbonyl (C=O) groups is 2. The number of benzene rings is 2. The molecule has 2 unspecified atom stereocenters. The summed E-state index contributed by atoms with van der Waals surface area (Å²) < 4.78 is 19.1. The number of β-lactam (4-membered cyclic amide) rings is 1. The van der Waals surface area contributed by atoms with Crippen LogP contribution in [0.2, 0.25) is 0 Å². The van der Waals surface area contributed by atoms with Crippen molar-refractivity contribution >= 4 is 22.9 Å². The summed E-state index contributed by atoms with van der Waals surface area (Å²) >= 11 is 0. The molecule has 0 saturated carbocycles. The molecule has 2 atom stereocenters. The zero-order valence-electron chi connectivity index (χ0n) is 16.3. The Bertz CT molecular complexity index is 1050. The third-order valence-electron chi connectivity index (χ3n) is 5.47. The summed E-state index contributed by atoms with van der Waals surface area (Å²) in [7, 11) is 0. The van der Waals surface area contributed by atoms with Crippen molar-refractivity contribution in [1.82, 2.24) is 14.9 Å². The number of esters is 1. The first-order valence-electron chi connectivity index (χ1n) is 9.70. The number of hydrogen-bond donors (Lipinski definition) is 1. The van der Waals surface area contributed by atoms with Crippen molar-refractivity contribution in [3.8, 4) is 0 Å². The van der Waals surface area contributed by atoms with Crippen LogP contribution < -0.4 is 0 Å². The van der Waals surface area contributed by atoms with E-state index in [-0.39, 0.29) is 19.1 Å². The van der Waals surface area contributed by atoms with E-state index < -0.39 is 23.2 Å². The Morgan fingerprint density at radius 1 is 1.24 bits per heavy atom. The number of likely N-dealkylation sites (tertiary alicyclic amines) is 1. The van der Waals surface area contributed by atoms with Gasteiger partial charge in [-0.2, -0.15) is 0 Å². The lowest BCUT2D eigenvalue weighted by Crippen LogP contribution is -2.72. The van der Waals surface area contributed by atoms with Crippen molar-refractivity contribution < 1.29 is 18.7 Å². The maximum Gasteiger partial charge on any atom is 0.340 e. The highest BCUT2D eigenvalue weighted by Gasteiger charge is 2.67. The number of H-pyrrole nitrogens is 1. The van der Waals surface area contributed by atoms with Crippen LogP contribution in [0.15, 0.2) is 48.5 Å². The zero-order chi connectivity index (χ0) is 20.6. The monoisotopic (exact) mass is 395 g/mol. The first-order chi connectivity index (χ1) is 14.0.